The number of nitrogens with one attached hydrogen (secondary N) is 3. The van der Waals surface area contributed by atoms with Crippen LogP contribution in [0.3, 0.4) is 0 Å². The molecule has 0 amide bonds. The monoisotopic (exact) mass is 257 g/mol. The molecule has 1 saturated heterocycles. The van der Waals surface area contributed by atoms with E-state index < -0.39 is 0 Å². The van der Waals surface area contributed by atoms with E-state index in [1.165, 1.54) is 12.8 Å². The van der Waals surface area contributed by atoms with Gasteiger partial charge in [-0.15, -0.1) is 10.2 Å². The van der Waals surface area contributed by atoms with Gasteiger partial charge in [0.05, 0.1) is 5.69 Å². The van der Waals surface area contributed by atoms with Gasteiger partial charge in [0.25, 0.3) is 0 Å². The summed E-state index contributed by atoms with van der Waals surface area (Å²) in [5, 5.41) is 15.1. The van der Waals surface area contributed by atoms with Crippen molar-refractivity contribution in [2.45, 2.75) is 12.8 Å². The average molecular weight is 257 g/mol. The maximum absolute atomic E-state index is 4.22. The molecular weight excluding hydrogens is 238 g/mol. The lowest BCUT2D eigenvalue weighted by Crippen LogP contribution is -2.13. The van der Waals surface area contributed by atoms with Crippen LogP contribution in [0.5, 0.6) is 0 Å². The van der Waals surface area contributed by atoms with Gasteiger partial charge in [0.15, 0.2) is 0 Å². The van der Waals surface area contributed by atoms with E-state index in [2.05, 4.69) is 25.8 Å². The smallest absolute Gasteiger partial charge is 0.148 e. The summed E-state index contributed by atoms with van der Waals surface area (Å²) < 4.78 is 0. The third-order valence-electron chi connectivity index (χ3n) is 3.56. The molecule has 1 fully saturated rings. The average Bonchev–Trinajstić information content (AvgIpc) is 3.13. The predicted molar refractivity (Wildman–Crippen MR) is 75.9 cm³/mol. The Bertz CT molecular complexity index is 485. The van der Waals surface area contributed by atoms with E-state index in [9.17, 15) is 0 Å². The zero-order valence-electron chi connectivity index (χ0n) is 10.9. The number of hydrogen-bond donors (Lipinski definition) is 3. The van der Waals surface area contributed by atoms with Crippen LogP contribution in [-0.2, 0) is 0 Å². The van der Waals surface area contributed by atoms with Gasteiger partial charge in [-0.3, -0.25) is 0 Å². The van der Waals surface area contributed by atoms with Gasteiger partial charge in [0.1, 0.15) is 11.5 Å². The van der Waals surface area contributed by atoms with Crippen LogP contribution >= 0.6 is 0 Å². The number of anilines is 1. The van der Waals surface area contributed by atoms with Crippen molar-refractivity contribution in [1.29, 1.82) is 0 Å². The van der Waals surface area contributed by atoms with Crippen molar-refractivity contribution in [2.24, 2.45) is 5.92 Å². The molecule has 0 radical (unpaired) electrons. The van der Waals surface area contributed by atoms with Gasteiger partial charge < -0.3 is 15.6 Å². The topological polar surface area (TPSA) is 65.6 Å². The van der Waals surface area contributed by atoms with E-state index in [0.717, 1.165) is 42.8 Å². The molecule has 1 unspecified atom stereocenters. The first-order chi connectivity index (χ1) is 9.42. The van der Waals surface area contributed by atoms with Gasteiger partial charge in [-0.2, -0.15) is 0 Å². The van der Waals surface area contributed by atoms with Gasteiger partial charge in [-0.1, -0.05) is 0 Å². The number of aromatic amines is 1. The Morgan fingerprint density at radius 3 is 2.95 bits per heavy atom. The molecule has 0 saturated carbocycles. The Balaban J connectivity index is 1.51. The van der Waals surface area contributed by atoms with Crippen molar-refractivity contribution in [3.8, 4) is 11.4 Å². The van der Waals surface area contributed by atoms with Crippen molar-refractivity contribution in [1.82, 2.24) is 20.5 Å². The molecule has 5 heteroatoms. The third-order valence-corrected chi connectivity index (χ3v) is 3.56. The third kappa shape index (κ3) is 3.12. The van der Waals surface area contributed by atoms with Crippen LogP contribution in [0.2, 0.25) is 0 Å². The van der Waals surface area contributed by atoms with Crippen LogP contribution < -0.4 is 10.6 Å². The van der Waals surface area contributed by atoms with Gasteiger partial charge in [-0.05, 0) is 56.1 Å². The minimum absolute atomic E-state index is 0.804. The Kier molecular flexibility index (Phi) is 3.74. The van der Waals surface area contributed by atoms with Crippen molar-refractivity contribution >= 4 is 5.82 Å². The largest absolute Gasteiger partial charge is 0.369 e. The van der Waals surface area contributed by atoms with E-state index in [0.29, 0.717) is 0 Å². The molecule has 3 heterocycles. The number of aromatic nitrogens is 3. The lowest BCUT2D eigenvalue weighted by atomic mass is 10.1. The second-order valence-corrected chi connectivity index (χ2v) is 4.96. The van der Waals surface area contributed by atoms with Crippen molar-refractivity contribution < 1.29 is 0 Å². The molecule has 0 aliphatic carbocycles. The molecule has 3 N–H and O–H groups in total. The highest BCUT2D eigenvalue weighted by atomic mass is 15.2. The van der Waals surface area contributed by atoms with Crippen molar-refractivity contribution in [3.63, 3.8) is 0 Å². The molecule has 19 heavy (non-hydrogen) atoms. The fourth-order valence-corrected chi connectivity index (χ4v) is 2.43. The van der Waals surface area contributed by atoms with Crippen LogP contribution in [0, 0.1) is 5.92 Å². The molecule has 1 aliphatic heterocycles. The number of rotatable bonds is 5. The summed E-state index contributed by atoms with van der Waals surface area (Å²) in [5.41, 5.74) is 1.87. The first-order valence-corrected chi connectivity index (χ1v) is 6.84. The quantitative estimate of drug-likeness (QED) is 0.765. The summed E-state index contributed by atoms with van der Waals surface area (Å²) in [7, 11) is 0. The van der Waals surface area contributed by atoms with Gasteiger partial charge >= 0.3 is 0 Å². The fraction of sp³-hybridized carbons (Fsp3) is 0.429. The summed E-state index contributed by atoms with van der Waals surface area (Å²) in [4.78, 5) is 3.12. The van der Waals surface area contributed by atoms with E-state index in [1.807, 2.05) is 30.5 Å². The standard InChI is InChI=1S/C14H19N5/c1-2-12(16-7-1)13-3-4-14(19-18-13)17-9-6-11-5-8-15-10-11/h1-4,7,11,15-16H,5-6,8-10H2,(H,17,19). The lowest BCUT2D eigenvalue weighted by Gasteiger charge is -2.09. The van der Waals surface area contributed by atoms with E-state index in [1.54, 1.807) is 0 Å². The predicted octanol–water partition coefficient (Wildman–Crippen LogP) is 1.88. The van der Waals surface area contributed by atoms with Gasteiger partial charge in [0, 0.05) is 12.7 Å². The van der Waals surface area contributed by atoms with Gasteiger partial charge in [0.2, 0.25) is 0 Å². The molecule has 0 bridgehead atoms. The molecule has 2 aromatic rings. The molecule has 0 spiro atoms. The van der Waals surface area contributed by atoms with Crippen LogP contribution in [-0.4, -0.2) is 34.8 Å². The summed E-state index contributed by atoms with van der Waals surface area (Å²) in [6, 6.07) is 7.91. The molecule has 1 aliphatic rings. The first kappa shape index (κ1) is 12.2. The van der Waals surface area contributed by atoms with Gasteiger partial charge in [-0.25, -0.2) is 0 Å². The highest BCUT2D eigenvalue weighted by molar-refractivity contribution is 5.54. The van der Waals surface area contributed by atoms with Crippen LogP contribution in [0.15, 0.2) is 30.5 Å². The SMILES string of the molecule is c1c[nH]c(-c2ccc(NCCC3CCNC3)nn2)c1. The normalized spacial score (nSPS) is 18.6. The summed E-state index contributed by atoms with van der Waals surface area (Å²) in [6.45, 7) is 3.28. The highest BCUT2D eigenvalue weighted by Gasteiger charge is 2.13. The zero-order valence-corrected chi connectivity index (χ0v) is 10.9. The number of hydrogen-bond acceptors (Lipinski definition) is 4. The molecule has 100 valence electrons. The molecule has 5 nitrogen and oxygen atoms in total. The van der Waals surface area contributed by atoms with Crippen LogP contribution in [0.25, 0.3) is 11.4 Å². The summed E-state index contributed by atoms with van der Waals surface area (Å²) in [6.07, 6.45) is 4.37. The second kappa shape index (κ2) is 5.84. The minimum Gasteiger partial charge on any atom is -0.369 e. The maximum atomic E-state index is 4.22. The summed E-state index contributed by atoms with van der Waals surface area (Å²) >= 11 is 0. The van der Waals surface area contributed by atoms with E-state index in [4.69, 9.17) is 0 Å². The van der Waals surface area contributed by atoms with E-state index >= 15 is 0 Å². The molecular formula is C14H19N5. The molecule has 0 aromatic carbocycles. The first-order valence-electron chi connectivity index (χ1n) is 6.84. The summed E-state index contributed by atoms with van der Waals surface area (Å²) in [5.74, 6) is 1.65. The number of nitrogens with zero attached hydrogens (tertiary/aromatic N) is 2. The molecule has 1 atom stereocenters. The Hall–Kier alpha value is -1.88. The minimum atomic E-state index is 0.804. The lowest BCUT2D eigenvalue weighted by molar-refractivity contribution is 0.548. The Morgan fingerprint density at radius 2 is 2.26 bits per heavy atom. The Labute approximate surface area is 112 Å². The van der Waals surface area contributed by atoms with Crippen molar-refractivity contribution in [2.75, 3.05) is 25.0 Å². The fourth-order valence-electron chi connectivity index (χ4n) is 2.43. The van der Waals surface area contributed by atoms with Crippen molar-refractivity contribution in [3.05, 3.63) is 30.5 Å². The highest BCUT2D eigenvalue weighted by Crippen LogP contribution is 2.15. The second-order valence-electron chi connectivity index (χ2n) is 4.96. The van der Waals surface area contributed by atoms with E-state index in [-0.39, 0.29) is 0 Å². The number of H-pyrrole nitrogens is 1. The maximum Gasteiger partial charge on any atom is 0.148 e. The zero-order chi connectivity index (χ0) is 12.9. The van der Waals surface area contributed by atoms with Crippen LogP contribution in [0.1, 0.15) is 12.8 Å². The van der Waals surface area contributed by atoms with Crippen LogP contribution in [0.4, 0.5) is 5.82 Å². The molecule has 2 aromatic heterocycles. The molecule has 3 rings (SSSR count). The Morgan fingerprint density at radius 1 is 1.26 bits per heavy atom.